The number of para-hydroxylation sites is 4. The summed E-state index contributed by atoms with van der Waals surface area (Å²) in [6.07, 6.45) is 0. The summed E-state index contributed by atoms with van der Waals surface area (Å²) in [6.45, 7) is 0. The second-order valence-electron chi connectivity index (χ2n) is 12.0. The van der Waals surface area contributed by atoms with Gasteiger partial charge in [0.1, 0.15) is 22.7 Å². The van der Waals surface area contributed by atoms with Crippen LogP contribution in [0.2, 0.25) is 0 Å². The molecular weight excluding hydrogens is 562 g/mol. The van der Waals surface area contributed by atoms with Crippen molar-refractivity contribution in [1.29, 1.82) is 0 Å². The van der Waals surface area contributed by atoms with Crippen LogP contribution in [0.5, 0.6) is 11.5 Å². The van der Waals surface area contributed by atoms with Crippen LogP contribution in [-0.2, 0) is 5.41 Å². The SMILES string of the molecule is c1ccc(N(c2ccccc2)c2ccc3c(c2)oc2ccc4c(c23)-c2ccccc2C42c3ccccc3Oc3ccccc32)cc1. The van der Waals surface area contributed by atoms with Crippen LogP contribution >= 0.6 is 0 Å². The molecule has 8 aromatic rings. The molecule has 1 aliphatic carbocycles. The van der Waals surface area contributed by atoms with Crippen LogP contribution in [0.15, 0.2) is 168 Å². The van der Waals surface area contributed by atoms with Crippen molar-refractivity contribution in [2.75, 3.05) is 4.90 Å². The summed E-state index contributed by atoms with van der Waals surface area (Å²) in [5.74, 6) is 1.79. The molecule has 0 fully saturated rings. The van der Waals surface area contributed by atoms with E-state index in [9.17, 15) is 0 Å². The maximum atomic E-state index is 6.72. The summed E-state index contributed by atoms with van der Waals surface area (Å²) in [7, 11) is 0. The number of benzene rings is 7. The van der Waals surface area contributed by atoms with Gasteiger partial charge in [-0.2, -0.15) is 0 Å². The van der Waals surface area contributed by atoms with Gasteiger partial charge in [-0.1, -0.05) is 103 Å². The van der Waals surface area contributed by atoms with Crippen LogP contribution in [0.4, 0.5) is 17.1 Å². The minimum atomic E-state index is -0.507. The van der Waals surface area contributed by atoms with Gasteiger partial charge in [-0.05, 0) is 76.9 Å². The van der Waals surface area contributed by atoms with Crippen LogP contribution < -0.4 is 9.64 Å². The Morgan fingerprint density at radius 3 is 1.70 bits per heavy atom. The van der Waals surface area contributed by atoms with E-state index >= 15 is 0 Å². The van der Waals surface area contributed by atoms with Gasteiger partial charge in [0.15, 0.2) is 0 Å². The molecule has 2 aliphatic rings. The second kappa shape index (κ2) is 9.47. The lowest BCUT2D eigenvalue weighted by Gasteiger charge is -2.39. The molecule has 7 aromatic carbocycles. The van der Waals surface area contributed by atoms with Gasteiger partial charge in [-0.3, -0.25) is 0 Å². The lowest BCUT2D eigenvalue weighted by molar-refractivity contribution is 0.436. The first-order valence-corrected chi connectivity index (χ1v) is 15.7. The Kier molecular flexibility index (Phi) is 5.20. The second-order valence-corrected chi connectivity index (χ2v) is 12.0. The van der Waals surface area contributed by atoms with Crippen molar-refractivity contribution in [2.24, 2.45) is 0 Å². The first-order chi connectivity index (χ1) is 22.8. The van der Waals surface area contributed by atoms with E-state index in [0.717, 1.165) is 61.6 Å². The number of anilines is 3. The molecule has 3 heteroatoms. The van der Waals surface area contributed by atoms with Crippen molar-refractivity contribution in [1.82, 2.24) is 0 Å². The van der Waals surface area contributed by atoms with E-state index in [-0.39, 0.29) is 0 Å². The Morgan fingerprint density at radius 1 is 0.435 bits per heavy atom. The minimum Gasteiger partial charge on any atom is -0.457 e. The lowest BCUT2D eigenvalue weighted by Crippen LogP contribution is -2.32. The summed E-state index contributed by atoms with van der Waals surface area (Å²) < 4.78 is 13.2. The highest BCUT2D eigenvalue weighted by Crippen LogP contribution is 2.63. The predicted octanol–water partition coefficient (Wildman–Crippen LogP) is 11.5. The van der Waals surface area contributed by atoms with Gasteiger partial charge in [0.25, 0.3) is 0 Å². The molecular formula is C43H27NO2. The Labute approximate surface area is 266 Å². The van der Waals surface area contributed by atoms with Gasteiger partial charge < -0.3 is 14.1 Å². The van der Waals surface area contributed by atoms with Crippen molar-refractivity contribution >= 4 is 39.0 Å². The normalized spacial score (nSPS) is 13.6. The minimum absolute atomic E-state index is 0.507. The number of fused-ring (bicyclic) bond motifs is 13. The fourth-order valence-electron chi connectivity index (χ4n) is 7.94. The third kappa shape index (κ3) is 3.32. The average molecular weight is 590 g/mol. The lowest BCUT2D eigenvalue weighted by atomic mass is 9.66. The van der Waals surface area contributed by atoms with Gasteiger partial charge in [0.05, 0.1) is 5.41 Å². The fourth-order valence-corrected chi connectivity index (χ4v) is 7.94. The average Bonchev–Trinajstić information content (AvgIpc) is 3.63. The highest BCUT2D eigenvalue weighted by molar-refractivity contribution is 6.16. The number of rotatable bonds is 3. The van der Waals surface area contributed by atoms with Crippen LogP contribution in [0.1, 0.15) is 22.3 Å². The van der Waals surface area contributed by atoms with E-state index < -0.39 is 5.41 Å². The molecule has 10 rings (SSSR count). The zero-order valence-electron chi connectivity index (χ0n) is 24.9. The molecule has 0 N–H and O–H groups in total. The molecule has 46 heavy (non-hydrogen) atoms. The Morgan fingerprint density at radius 2 is 1.02 bits per heavy atom. The highest BCUT2D eigenvalue weighted by Gasteiger charge is 2.51. The van der Waals surface area contributed by atoms with Gasteiger partial charge in [-0.15, -0.1) is 0 Å². The number of furan rings is 1. The quantitative estimate of drug-likeness (QED) is 0.205. The highest BCUT2D eigenvalue weighted by atomic mass is 16.5. The molecule has 0 saturated carbocycles. The molecule has 0 bridgehead atoms. The molecule has 3 nitrogen and oxygen atoms in total. The van der Waals surface area contributed by atoms with Crippen molar-refractivity contribution < 1.29 is 9.15 Å². The first kappa shape index (κ1) is 25.3. The smallest absolute Gasteiger partial charge is 0.137 e. The monoisotopic (exact) mass is 589 g/mol. The summed E-state index contributed by atoms with van der Waals surface area (Å²) in [5.41, 5.74) is 11.8. The van der Waals surface area contributed by atoms with E-state index in [1.165, 1.54) is 22.3 Å². The van der Waals surface area contributed by atoms with Crippen LogP contribution in [-0.4, -0.2) is 0 Å². The molecule has 216 valence electrons. The molecule has 1 aliphatic heterocycles. The van der Waals surface area contributed by atoms with Crippen LogP contribution in [0.3, 0.4) is 0 Å². The summed E-state index contributed by atoms with van der Waals surface area (Å²) in [5, 5.41) is 2.26. The number of hydrogen-bond acceptors (Lipinski definition) is 3. The van der Waals surface area contributed by atoms with E-state index in [1.807, 2.05) is 0 Å². The largest absolute Gasteiger partial charge is 0.457 e. The molecule has 0 unspecified atom stereocenters. The molecule has 1 aromatic heterocycles. The summed E-state index contributed by atoms with van der Waals surface area (Å²) >= 11 is 0. The van der Waals surface area contributed by atoms with E-state index in [1.54, 1.807) is 0 Å². The number of ether oxygens (including phenoxy) is 1. The van der Waals surface area contributed by atoms with Gasteiger partial charge in [0, 0.05) is 45.0 Å². The van der Waals surface area contributed by atoms with Gasteiger partial charge in [0.2, 0.25) is 0 Å². The molecule has 0 saturated heterocycles. The topological polar surface area (TPSA) is 25.6 Å². The van der Waals surface area contributed by atoms with Gasteiger partial charge >= 0.3 is 0 Å². The molecule has 1 spiro atoms. The standard InChI is InChI=1S/C43H27NO2/c1-3-13-28(14-4-1)44(29-15-5-2-6-16-29)30-23-24-32-40(27-30)46-39-26-25-36-41(42(32)39)31-17-7-8-18-33(31)43(36)34-19-9-11-21-37(34)45-38-22-12-10-20-35(38)43/h1-27H. The molecule has 0 amide bonds. The van der Waals surface area contributed by atoms with Crippen molar-refractivity contribution in [2.45, 2.75) is 5.41 Å². The van der Waals surface area contributed by atoms with E-state index in [4.69, 9.17) is 9.15 Å². The Balaban J connectivity index is 1.26. The number of hydrogen-bond donors (Lipinski definition) is 0. The summed E-state index contributed by atoms with van der Waals surface area (Å²) in [4.78, 5) is 2.28. The van der Waals surface area contributed by atoms with E-state index in [0.29, 0.717) is 0 Å². The van der Waals surface area contributed by atoms with Crippen LogP contribution in [0, 0.1) is 0 Å². The molecule has 0 atom stereocenters. The third-order valence-corrected chi connectivity index (χ3v) is 9.72. The fraction of sp³-hybridized carbons (Fsp3) is 0.0233. The number of nitrogens with zero attached hydrogens (tertiary/aromatic N) is 1. The maximum absolute atomic E-state index is 6.72. The third-order valence-electron chi connectivity index (χ3n) is 9.72. The maximum Gasteiger partial charge on any atom is 0.137 e. The van der Waals surface area contributed by atoms with Gasteiger partial charge in [-0.25, -0.2) is 0 Å². The van der Waals surface area contributed by atoms with Crippen molar-refractivity contribution in [3.8, 4) is 22.6 Å². The van der Waals surface area contributed by atoms with E-state index in [2.05, 4.69) is 169 Å². The van der Waals surface area contributed by atoms with Crippen molar-refractivity contribution in [3.05, 3.63) is 186 Å². The first-order valence-electron chi connectivity index (χ1n) is 15.7. The Bertz CT molecular complexity index is 2370. The molecule has 2 heterocycles. The predicted molar refractivity (Wildman–Crippen MR) is 186 cm³/mol. The zero-order chi connectivity index (χ0) is 30.2. The van der Waals surface area contributed by atoms with Crippen molar-refractivity contribution in [3.63, 3.8) is 0 Å². The van der Waals surface area contributed by atoms with Crippen LogP contribution in [0.25, 0.3) is 33.1 Å². The molecule has 0 radical (unpaired) electrons. The summed E-state index contributed by atoms with van der Waals surface area (Å²) in [6, 6.07) is 57.9. The Hall–Kier alpha value is -6.06. The zero-order valence-corrected chi connectivity index (χ0v) is 24.9.